The molecule has 1 aromatic carbocycles. The number of ether oxygens (including phenoxy) is 2. The number of anilines is 1. The van der Waals surface area contributed by atoms with E-state index in [2.05, 4.69) is 17.2 Å². The van der Waals surface area contributed by atoms with Crippen LogP contribution in [0.3, 0.4) is 0 Å². The van der Waals surface area contributed by atoms with Gasteiger partial charge in [0.1, 0.15) is 37.6 Å². The quantitative estimate of drug-likeness (QED) is 0.446. The van der Waals surface area contributed by atoms with Crippen LogP contribution in [-0.4, -0.2) is 69.3 Å². The molecule has 0 radical (unpaired) electrons. The van der Waals surface area contributed by atoms with E-state index in [1.807, 2.05) is 25.1 Å². The minimum atomic E-state index is -0.482. The lowest BCUT2D eigenvalue weighted by molar-refractivity contribution is -1.01. The zero-order valence-electron chi connectivity index (χ0n) is 17.5. The lowest BCUT2D eigenvalue weighted by Gasteiger charge is -2.28. The molecule has 1 amide bonds. The third kappa shape index (κ3) is 5.07. The van der Waals surface area contributed by atoms with Gasteiger partial charge in [-0.05, 0) is 39.0 Å². The Labute approximate surface area is 171 Å². The van der Waals surface area contributed by atoms with Crippen LogP contribution < -0.4 is 19.9 Å². The van der Waals surface area contributed by atoms with E-state index in [4.69, 9.17) is 9.47 Å². The van der Waals surface area contributed by atoms with Crippen LogP contribution in [0.5, 0.6) is 5.75 Å². The first-order valence-electron chi connectivity index (χ1n) is 10.5. The van der Waals surface area contributed by atoms with Crippen molar-refractivity contribution >= 4 is 28.5 Å². The monoisotopic (exact) mass is 404 g/mol. The number of likely N-dealkylation sites (N-methyl/N-ethyl adjacent to an activating group) is 1. The molecular weight excluding hydrogens is 372 g/mol. The molecule has 1 aromatic heterocycles. The Hall–Kier alpha value is -2.58. The van der Waals surface area contributed by atoms with E-state index in [-0.39, 0.29) is 18.2 Å². The molecule has 3 rings (SSSR count). The summed E-state index contributed by atoms with van der Waals surface area (Å²) in [5.74, 6) is 0.104. The van der Waals surface area contributed by atoms with Crippen LogP contribution >= 0.6 is 0 Å². The van der Waals surface area contributed by atoms with Crippen LogP contribution in [0.4, 0.5) is 5.69 Å². The Balaban J connectivity index is 1.81. The number of aromatic amines is 1. The van der Waals surface area contributed by atoms with Crippen LogP contribution in [0, 0.1) is 0 Å². The topological polar surface area (TPSA) is 89.3 Å². The fraction of sp³-hybridized carbons (Fsp3) is 0.524. The van der Waals surface area contributed by atoms with E-state index in [1.54, 1.807) is 11.8 Å². The molecule has 1 aliphatic rings. The molecule has 0 aliphatic carbocycles. The van der Waals surface area contributed by atoms with Gasteiger partial charge in [-0.25, -0.2) is 4.79 Å². The highest BCUT2D eigenvalue weighted by Crippen LogP contribution is 2.31. The van der Waals surface area contributed by atoms with Crippen LogP contribution in [0.15, 0.2) is 18.2 Å². The number of nitrogens with one attached hydrogen (secondary N) is 4. The molecule has 0 saturated carbocycles. The maximum absolute atomic E-state index is 12.8. The summed E-state index contributed by atoms with van der Waals surface area (Å²) in [5.41, 5.74) is 1.47. The molecule has 0 atom stereocenters. The molecule has 1 saturated heterocycles. The van der Waals surface area contributed by atoms with Crippen molar-refractivity contribution in [3.63, 3.8) is 0 Å². The molecule has 8 heteroatoms. The highest BCUT2D eigenvalue weighted by atomic mass is 16.5. The van der Waals surface area contributed by atoms with Crippen LogP contribution in [0.1, 0.15) is 31.3 Å². The van der Waals surface area contributed by atoms with E-state index < -0.39 is 5.97 Å². The number of benzene rings is 1. The first kappa shape index (κ1) is 21.1. The summed E-state index contributed by atoms with van der Waals surface area (Å²) in [7, 11) is 0. The first-order chi connectivity index (χ1) is 14.0. The number of amides is 1. The van der Waals surface area contributed by atoms with Gasteiger partial charge in [-0.15, -0.1) is 0 Å². The predicted molar refractivity (Wildman–Crippen MR) is 111 cm³/mol. The number of piperazine rings is 1. The van der Waals surface area contributed by atoms with E-state index in [0.29, 0.717) is 24.6 Å². The zero-order chi connectivity index (χ0) is 20.8. The normalized spacial score (nSPS) is 19.1. The van der Waals surface area contributed by atoms with Gasteiger partial charge >= 0.3 is 5.97 Å². The highest BCUT2D eigenvalue weighted by molar-refractivity contribution is 6.11. The predicted octanol–water partition coefficient (Wildman–Crippen LogP) is -0.515. The molecule has 1 aliphatic heterocycles. The number of esters is 1. The summed E-state index contributed by atoms with van der Waals surface area (Å²) in [5, 5.41) is 3.70. The molecular formula is C21H32N4O4+2. The molecule has 0 unspecified atom stereocenters. The van der Waals surface area contributed by atoms with Crippen LogP contribution in [0.25, 0.3) is 10.9 Å². The van der Waals surface area contributed by atoms with Crippen molar-refractivity contribution < 1.29 is 28.9 Å². The lowest BCUT2D eigenvalue weighted by atomic mass is 10.2. The second-order valence-electron chi connectivity index (χ2n) is 7.31. The average Bonchev–Trinajstić information content (AvgIpc) is 3.07. The molecule has 158 valence electrons. The van der Waals surface area contributed by atoms with Crippen molar-refractivity contribution in [1.82, 2.24) is 4.98 Å². The number of fused-ring (bicyclic) bond motifs is 1. The Kier molecular flexibility index (Phi) is 7.11. The number of quaternary nitrogens is 2. The SMILES string of the molecule is CCOC(=O)c1[nH]c2ccc(OCC)cc2c1NC(=O)C[NH+]1CC[NH+](CC)CC1. The molecule has 0 spiro atoms. The maximum atomic E-state index is 12.8. The standard InChI is InChI=1S/C21H30N4O4/c1-4-24-9-11-25(12-10-24)14-18(26)23-19-16-13-15(28-5-2)7-8-17(16)22-20(19)21(27)29-6-3/h7-8,13,22H,4-6,9-12,14H2,1-3H3,(H,23,26)/p+2. The van der Waals surface area contributed by atoms with Crippen molar-refractivity contribution in [2.45, 2.75) is 20.8 Å². The molecule has 1 fully saturated rings. The Morgan fingerprint density at radius 2 is 1.79 bits per heavy atom. The maximum Gasteiger partial charge on any atom is 0.356 e. The number of hydrogen-bond acceptors (Lipinski definition) is 4. The molecule has 2 heterocycles. The van der Waals surface area contributed by atoms with Gasteiger partial charge in [0.05, 0.1) is 25.4 Å². The number of aromatic nitrogens is 1. The van der Waals surface area contributed by atoms with Gasteiger partial charge < -0.3 is 29.6 Å². The molecule has 8 nitrogen and oxygen atoms in total. The molecule has 29 heavy (non-hydrogen) atoms. The minimum Gasteiger partial charge on any atom is -0.494 e. The number of carbonyl (C=O) groups is 2. The van der Waals surface area contributed by atoms with Crippen molar-refractivity contribution in [2.24, 2.45) is 0 Å². The summed E-state index contributed by atoms with van der Waals surface area (Å²) >= 11 is 0. The second kappa shape index (κ2) is 9.76. The number of carbonyl (C=O) groups excluding carboxylic acids is 2. The van der Waals surface area contributed by atoms with E-state index in [1.165, 1.54) is 4.90 Å². The van der Waals surface area contributed by atoms with Crippen LogP contribution in [0.2, 0.25) is 0 Å². The zero-order valence-corrected chi connectivity index (χ0v) is 17.5. The summed E-state index contributed by atoms with van der Waals surface area (Å²) in [6, 6.07) is 5.52. The number of H-pyrrole nitrogens is 1. The Morgan fingerprint density at radius 1 is 1.07 bits per heavy atom. The van der Waals surface area contributed by atoms with Crippen LogP contribution in [-0.2, 0) is 9.53 Å². The fourth-order valence-corrected chi connectivity index (χ4v) is 3.81. The summed E-state index contributed by atoms with van der Waals surface area (Å²) in [6.45, 7) is 12.3. The van der Waals surface area contributed by atoms with Gasteiger partial charge in [-0.2, -0.15) is 0 Å². The lowest BCUT2D eigenvalue weighted by Crippen LogP contribution is -3.28. The first-order valence-corrected chi connectivity index (χ1v) is 10.5. The third-order valence-corrected chi connectivity index (χ3v) is 5.40. The Bertz CT molecular complexity index is 856. The molecule has 0 bridgehead atoms. The van der Waals surface area contributed by atoms with Gasteiger partial charge in [0.2, 0.25) is 0 Å². The van der Waals surface area contributed by atoms with Crippen molar-refractivity contribution in [1.29, 1.82) is 0 Å². The minimum absolute atomic E-state index is 0.104. The fourth-order valence-electron chi connectivity index (χ4n) is 3.81. The van der Waals surface area contributed by atoms with E-state index >= 15 is 0 Å². The average molecular weight is 405 g/mol. The smallest absolute Gasteiger partial charge is 0.356 e. The van der Waals surface area contributed by atoms with E-state index in [0.717, 1.165) is 43.6 Å². The van der Waals surface area contributed by atoms with Crippen molar-refractivity contribution in [2.75, 3.05) is 57.8 Å². The summed E-state index contributed by atoms with van der Waals surface area (Å²) in [6.07, 6.45) is 0. The number of hydrogen-bond donors (Lipinski definition) is 4. The highest BCUT2D eigenvalue weighted by Gasteiger charge is 2.26. The van der Waals surface area contributed by atoms with E-state index in [9.17, 15) is 9.59 Å². The van der Waals surface area contributed by atoms with Gasteiger partial charge in [0, 0.05) is 10.9 Å². The largest absolute Gasteiger partial charge is 0.494 e. The summed E-state index contributed by atoms with van der Waals surface area (Å²) in [4.78, 5) is 31.2. The third-order valence-electron chi connectivity index (χ3n) is 5.40. The van der Waals surface area contributed by atoms with Crippen molar-refractivity contribution in [3.8, 4) is 5.75 Å². The van der Waals surface area contributed by atoms with Gasteiger partial charge in [-0.3, -0.25) is 4.79 Å². The number of rotatable bonds is 8. The van der Waals surface area contributed by atoms with Gasteiger partial charge in [-0.1, -0.05) is 0 Å². The van der Waals surface area contributed by atoms with Gasteiger partial charge in [0.15, 0.2) is 6.54 Å². The molecule has 2 aromatic rings. The summed E-state index contributed by atoms with van der Waals surface area (Å²) < 4.78 is 10.8. The van der Waals surface area contributed by atoms with Crippen molar-refractivity contribution in [3.05, 3.63) is 23.9 Å². The Morgan fingerprint density at radius 3 is 2.45 bits per heavy atom. The van der Waals surface area contributed by atoms with Gasteiger partial charge in [0.25, 0.3) is 5.91 Å². The second-order valence-corrected chi connectivity index (χ2v) is 7.31. The molecule has 4 N–H and O–H groups in total.